The first kappa shape index (κ1) is 19.1. The summed E-state index contributed by atoms with van der Waals surface area (Å²) in [6, 6.07) is 6.52. The molecule has 1 aliphatic rings. The number of phenolic OH excluding ortho intramolecular Hbond substituents is 1. The van der Waals surface area contributed by atoms with E-state index >= 15 is 0 Å². The number of fused-ring (bicyclic) bond motifs is 2. The third-order valence-electron chi connectivity index (χ3n) is 3.70. The summed E-state index contributed by atoms with van der Waals surface area (Å²) in [7, 11) is -3.91. The minimum Gasteiger partial charge on any atom is -0.508 e. The van der Waals surface area contributed by atoms with E-state index in [1.165, 1.54) is 33.7 Å². The Morgan fingerprint density at radius 1 is 1.43 bits per heavy atom. The van der Waals surface area contributed by atoms with Gasteiger partial charge >= 0.3 is 0 Å². The number of halogens is 1. The van der Waals surface area contributed by atoms with Gasteiger partial charge in [0, 0.05) is 17.9 Å². The molecular formula is C16H13ClN3O5S3+. The predicted octanol–water partition coefficient (Wildman–Crippen LogP) is 3.08. The molecule has 0 unspecified atom stereocenters. The fraction of sp³-hybridized carbons (Fsp3) is 0.125. The Morgan fingerprint density at radius 2 is 2.21 bits per heavy atom. The van der Waals surface area contributed by atoms with Gasteiger partial charge in [0.15, 0.2) is 0 Å². The van der Waals surface area contributed by atoms with Gasteiger partial charge in [0.05, 0.1) is 22.9 Å². The molecule has 4 rings (SSSR count). The Bertz CT molecular complexity index is 1250. The first-order valence-electron chi connectivity index (χ1n) is 7.82. The van der Waals surface area contributed by atoms with Gasteiger partial charge in [0.1, 0.15) is 5.75 Å². The number of thiazole rings is 1. The lowest BCUT2D eigenvalue weighted by Gasteiger charge is -2.01. The van der Waals surface area contributed by atoms with Crippen LogP contribution in [-0.4, -0.2) is 19.4 Å². The van der Waals surface area contributed by atoms with Gasteiger partial charge in [0.25, 0.3) is 31.3 Å². The van der Waals surface area contributed by atoms with Crippen molar-refractivity contribution in [3.63, 3.8) is 0 Å². The molecule has 0 saturated carbocycles. The zero-order valence-corrected chi connectivity index (χ0v) is 17.4. The molecule has 0 radical (unpaired) electrons. The summed E-state index contributed by atoms with van der Waals surface area (Å²) in [4.78, 5) is 12.6. The second-order valence-corrected chi connectivity index (χ2v) is 10.1. The number of anilines is 1. The van der Waals surface area contributed by atoms with Crippen LogP contribution in [0.5, 0.6) is 5.75 Å². The summed E-state index contributed by atoms with van der Waals surface area (Å²) in [5.74, 6) is -0.992. The van der Waals surface area contributed by atoms with Crippen LogP contribution in [0.15, 0.2) is 38.6 Å². The smallest absolute Gasteiger partial charge is 0.296 e. The average molecular weight is 459 g/mol. The van der Waals surface area contributed by atoms with Crippen molar-refractivity contribution < 1.29 is 27.3 Å². The number of hydrogen-bond acceptors (Lipinski definition) is 8. The molecule has 12 heteroatoms. The van der Waals surface area contributed by atoms with Crippen LogP contribution in [0.2, 0.25) is 5.22 Å². The Kier molecular flexibility index (Phi) is 4.78. The topological polar surface area (TPSA) is 113 Å². The minimum atomic E-state index is -3.91. The molecule has 3 aromatic rings. The van der Waals surface area contributed by atoms with Crippen molar-refractivity contribution in [1.29, 1.82) is 0 Å². The molecule has 0 atom stereocenters. The fourth-order valence-electron chi connectivity index (χ4n) is 2.69. The molecule has 2 aromatic heterocycles. The zero-order chi connectivity index (χ0) is 20.1. The number of carbonyl (C=O) groups is 1. The van der Waals surface area contributed by atoms with Crippen LogP contribution in [0.1, 0.15) is 11.9 Å². The maximum atomic E-state index is 12.3. The minimum absolute atomic E-state index is 0.141. The number of benzene rings is 1. The van der Waals surface area contributed by atoms with Gasteiger partial charge in [-0.25, -0.2) is 4.72 Å². The maximum Gasteiger partial charge on any atom is 0.296 e. The van der Waals surface area contributed by atoms with E-state index in [4.69, 9.17) is 16.0 Å². The molecule has 0 aliphatic carbocycles. The van der Waals surface area contributed by atoms with E-state index in [2.05, 4.69) is 5.32 Å². The number of aromatic nitrogens is 1. The van der Waals surface area contributed by atoms with Crippen LogP contribution in [0.4, 0.5) is 5.69 Å². The van der Waals surface area contributed by atoms with Crippen molar-refractivity contribution in [1.82, 2.24) is 4.72 Å². The zero-order valence-electron chi connectivity index (χ0n) is 14.2. The first-order chi connectivity index (χ1) is 13.2. The number of phenols is 1. The van der Waals surface area contributed by atoms with Crippen LogP contribution in [0, 0.1) is 0 Å². The molecular weight excluding hydrogens is 446 g/mol. The number of nitrogens with one attached hydrogen (secondary N) is 2. The molecule has 0 fully saturated rings. The van der Waals surface area contributed by atoms with Gasteiger partial charge in [-0.2, -0.15) is 13.0 Å². The SMILES string of the molecule is CC(=O)NS(=O)(=O)C[n+]1c(/C=C2/Nc3cc(O)ccc3S2)sc2oc(Cl)cc21. The van der Waals surface area contributed by atoms with Gasteiger partial charge in [-0.3, -0.25) is 4.79 Å². The Morgan fingerprint density at radius 3 is 2.96 bits per heavy atom. The van der Waals surface area contributed by atoms with Crippen molar-refractivity contribution in [2.45, 2.75) is 17.7 Å². The molecule has 0 spiro atoms. The Hall–Kier alpha value is -2.21. The van der Waals surface area contributed by atoms with Gasteiger partial charge in [-0.05, 0) is 35.1 Å². The van der Waals surface area contributed by atoms with Gasteiger partial charge in [-0.15, -0.1) is 0 Å². The average Bonchev–Trinajstić information content (AvgIpc) is 3.20. The summed E-state index contributed by atoms with van der Waals surface area (Å²) in [6.45, 7) is 1.13. The number of furan rings is 1. The van der Waals surface area contributed by atoms with Crippen LogP contribution in [0.3, 0.4) is 0 Å². The molecule has 28 heavy (non-hydrogen) atoms. The monoisotopic (exact) mass is 458 g/mol. The third kappa shape index (κ3) is 3.83. The fourth-order valence-corrected chi connectivity index (χ4v) is 6.16. The number of sulfonamides is 1. The largest absolute Gasteiger partial charge is 0.508 e. The first-order valence-corrected chi connectivity index (χ1v) is 11.5. The summed E-state index contributed by atoms with van der Waals surface area (Å²) < 4.78 is 33.4. The molecule has 3 heterocycles. The van der Waals surface area contributed by atoms with Gasteiger partial charge < -0.3 is 14.8 Å². The van der Waals surface area contributed by atoms with Crippen LogP contribution in [-0.2, 0) is 20.7 Å². The normalized spacial score (nSPS) is 15.0. The van der Waals surface area contributed by atoms with Crippen LogP contribution < -0.4 is 14.6 Å². The highest BCUT2D eigenvalue weighted by molar-refractivity contribution is 8.03. The van der Waals surface area contributed by atoms with E-state index in [1.807, 2.05) is 4.72 Å². The summed E-state index contributed by atoms with van der Waals surface area (Å²) in [5, 5.41) is 14.3. The second kappa shape index (κ2) is 6.99. The van der Waals surface area contributed by atoms with Crippen LogP contribution >= 0.6 is 34.7 Å². The summed E-state index contributed by atoms with van der Waals surface area (Å²) in [6.07, 6.45) is 1.78. The number of rotatable bonds is 4. The number of amides is 1. The quantitative estimate of drug-likeness (QED) is 0.515. The molecule has 0 saturated heterocycles. The number of thioether (sulfide) groups is 1. The van der Waals surface area contributed by atoms with E-state index in [0.29, 0.717) is 15.4 Å². The van der Waals surface area contributed by atoms with E-state index in [0.717, 1.165) is 22.5 Å². The van der Waals surface area contributed by atoms with Gasteiger partial charge in [-0.1, -0.05) is 11.8 Å². The molecule has 8 nitrogen and oxygen atoms in total. The van der Waals surface area contributed by atoms with Crippen LogP contribution in [0.25, 0.3) is 16.5 Å². The number of hydrogen-bond donors (Lipinski definition) is 3. The van der Waals surface area contributed by atoms with E-state index in [-0.39, 0.29) is 11.0 Å². The third-order valence-corrected chi connectivity index (χ3v) is 7.12. The van der Waals surface area contributed by atoms with E-state index < -0.39 is 21.8 Å². The molecule has 1 aromatic carbocycles. The molecule has 1 amide bonds. The number of carbonyl (C=O) groups excluding carboxylic acids is 1. The predicted molar refractivity (Wildman–Crippen MR) is 108 cm³/mol. The van der Waals surface area contributed by atoms with Crippen molar-refractivity contribution in [3.05, 3.63) is 39.5 Å². The van der Waals surface area contributed by atoms with Crippen molar-refractivity contribution in [2.24, 2.45) is 0 Å². The lowest BCUT2D eigenvalue weighted by Crippen LogP contribution is -2.44. The Labute approximate surface area is 172 Å². The molecule has 3 N–H and O–H groups in total. The second-order valence-electron chi connectivity index (χ2n) is 5.91. The highest BCUT2D eigenvalue weighted by atomic mass is 35.5. The summed E-state index contributed by atoms with van der Waals surface area (Å²) >= 11 is 8.58. The Balaban J connectivity index is 1.73. The number of aromatic hydroxyl groups is 1. The van der Waals surface area contributed by atoms with Crippen molar-refractivity contribution in [3.8, 4) is 5.75 Å². The van der Waals surface area contributed by atoms with Gasteiger partial charge in [0.2, 0.25) is 11.1 Å². The maximum absolute atomic E-state index is 12.3. The lowest BCUT2D eigenvalue weighted by atomic mass is 10.3. The lowest BCUT2D eigenvalue weighted by molar-refractivity contribution is -0.648. The van der Waals surface area contributed by atoms with Crippen molar-refractivity contribution in [2.75, 3.05) is 5.32 Å². The highest BCUT2D eigenvalue weighted by Gasteiger charge is 2.30. The van der Waals surface area contributed by atoms with E-state index in [1.54, 1.807) is 24.3 Å². The number of nitrogens with zero attached hydrogens (tertiary/aromatic N) is 1. The molecule has 0 bridgehead atoms. The highest BCUT2D eigenvalue weighted by Crippen LogP contribution is 2.43. The molecule has 1 aliphatic heterocycles. The van der Waals surface area contributed by atoms with E-state index in [9.17, 15) is 18.3 Å². The standard InChI is InChI=1S/C16H12ClN3O5S3/c1-8(21)19-28(23,24)7-20-11-5-13(17)25-16(11)27-15(20)6-14-18-10-4-9(22)2-3-12(10)26-14/h2-6H,7H2,1H3,(H2,19,21,22)/p+1. The van der Waals surface area contributed by atoms with Crippen molar-refractivity contribution >= 4 is 72.8 Å². The molecule has 146 valence electrons. The summed E-state index contributed by atoms with van der Waals surface area (Å²) in [5.41, 5.74) is 1.27.